The summed E-state index contributed by atoms with van der Waals surface area (Å²) in [6.45, 7) is 6.05. The van der Waals surface area contributed by atoms with Crippen LogP contribution in [-0.4, -0.2) is 43.5 Å². The highest BCUT2D eigenvalue weighted by molar-refractivity contribution is 6.31. The zero-order valence-electron chi connectivity index (χ0n) is 12.8. The van der Waals surface area contributed by atoms with E-state index in [0.717, 1.165) is 24.7 Å². The number of halogens is 1. The van der Waals surface area contributed by atoms with Gasteiger partial charge in [0.15, 0.2) is 0 Å². The molecule has 2 rings (SSSR count). The monoisotopic (exact) mass is 295 g/mol. The maximum absolute atomic E-state index is 6.24. The van der Waals surface area contributed by atoms with Crippen molar-refractivity contribution in [3.63, 3.8) is 0 Å². The molecule has 0 amide bonds. The Bertz CT molecular complexity index is 459. The highest BCUT2D eigenvalue weighted by Crippen LogP contribution is 2.37. The van der Waals surface area contributed by atoms with Gasteiger partial charge in [-0.15, -0.1) is 0 Å². The molecule has 1 aliphatic rings. The van der Waals surface area contributed by atoms with Crippen LogP contribution < -0.4 is 5.73 Å². The highest BCUT2D eigenvalue weighted by atomic mass is 35.5. The van der Waals surface area contributed by atoms with E-state index in [1.807, 2.05) is 6.07 Å². The molecule has 3 nitrogen and oxygen atoms in total. The van der Waals surface area contributed by atoms with Crippen LogP contribution in [0.25, 0.3) is 0 Å². The highest BCUT2D eigenvalue weighted by Gasteiger charge is 2.30. The largest absolute Gasteiger partial charge is 0.329 e. The van der Waals surface area contributed by atoms with Crippen molar-refractivity contribution < 1.29 is 0 Å². The van der Waals surface area contributed by atoms with E-state index in [1.165, 1.54) is 29.5 Å². The number of nitrogens with zero attached hydrogens (tertiary/aromatic N) is 2. The number of hydrogen-bond donors (Lipinski definition) is 1. The smallest absolute Gasteiger partial charge is 0.0477 e. The van der Waals surface area contributed by atoms with Gasteiger partial charge in [-0.05, 0) is 69.7 Å². The van der Waals surface area contributed by atoms with Gasteiger partial charge >= 0.3 is 0 Å². The quantitative estimate of drug-likeness (QED) is 0.819. The average Bonchev–Trinajstić information content (AvgIpc) is 2.77. The molecule has 0 saturated heterocycles. The first-order valence-electron chi connectivity index (χ1n) is 7.41. The second kappa shape index (κ2) is 6.90. The molecule has 0 bridgehead atoms. The van der Waals surface area contributed by atoms with E-state index in [2.05, 4.69) is 36.9 Å². The third kappa shape index (κ3) is 3.34. The van der Waals surface area contributed by atoms with E-state index < -0.39 is 0 Å². The first-order valence-corrected chi connectivity index (χ1v) is 7.79. The fourth-order valence-electron chi connectivity index (χ4n) is 3.04. The van der Waals surface area contributed by atoms with Gasteiger partial charge in [-0.3, -0.25) is 4.90 Å². The molecular formula is C16H26ClN3. The lowest BCUT2D eigenvalue weighted by Gasteiger charge is -2.24. The molecule has 1 unspecified atom stereocenters. The molecule has 4 heteroatoms. The molecule has 112 valence electrons. The molecule has 1 aromatic rings. The number of rotatable bonds is 6. The molecule has 0 radical (unpaired) electrons. The Morgan fingerprint density at radius 3 is 2.75 bits per heavy atom. The van der Waals surface area contributed by atoms with Crippen LogP contribution in [0.3, 0.4) is 0 Å². The van der Waals surface area contributed by atoms with E-state index in [9.17, 15) is 0 Å². The Balaban J connectivity index is 2.01. The molecule has 2 N–H and O–H groups in total. The van der Waals surface area contributed by atoms with Crippen molar-refractivity contribution >= 4 is 11.6 Å². The maximum atomic E-state index is 6.24. The number of nitrogens with two attached hydrogens (primary N) is 1. The van der Waals surface area contributed by atoms with Crippen molar-refractivity contribution in [3.8, 4) is 0 Å². The lowest BCUT2D eigenvalue weighted by Crippen LogP contribution is -2.29. The summed E-state index contributed by atoms with van der Waals surface area (Å²) in [5, 5.41) is 0.869. The topological polar surface area (TPSA) is 32.5 Å². The zero-order valence-corrected chi connectivity index (χ0v) is 13.6. The lowest BCUT2D eigenvalue weighted by atomic mass is 10.0. The molecule has 1 heterocycles. The molecule has 1 aromatic carbocycles. The van der Waals surface area contributed by atoms with Gasteiger partial charge in [0.1, 0.15) is 0 Å². The molecule has 1 atom stereocenters. The van der Waals surface area contributed by atoms with Gasteiger partial charge in [0.2, 0.25) is 0 Å². The molecule has 0 aliphatic carbocycles. The second-order valence-corrected chi connectivity index (χ2v) is 6.38. The predicted molar refractivity (Wildman–Crippen MR) is 86.2 cm³/mol. The van der Waals surface area contributed by atoms with Crippen LogP contribution in [0.5, 0.6) is 0 Å². The third-order valence-electron chi connectivity index (χ3n) is 4.25. The summed E-state index contributed by atoms with van der Waals surface area (Å²) < 4.78 is 0. The maximum Gasteiger partial charge on any atom is 0.0477 e. The molecule has 1 aliphatic heterocycles. The Morgan fingerprint density at radius 1 is 1.35 bits per heavy atom. The summed E-state index contributed by atoms with van der Waals surface area (Å²) in [7, 11) is 4.25. The Kier molecular flexibility index (Phi) is 5.44. The summed E-state index contributed by atoms with van der Waals surface area (Å²) in [6.07, 6.45) is 2.45. The van der Waals surface area contributed by atoms with Crippen LogP contribution >= 0.6 is 11.6 Å². The fraction of sp³-hybridized carbons (Fsp3) is 0.625. The summed E-state index contributed by atoms with van der Waals surface area (Å²) in [5.74, 6) is 0. The van der Waals surface area contributed by atoms with Crippen LogP contribution in [0.4, 0.5) is 0 Å². The molecular weight excluding hydrogens is 270 g/mol. The number of unbranched alkanes of at least 4 members (excludes halogenated alkanes) is 1. The molecule has 0 fully saturated rings. The Morgan fingerprint density at radius 2 is 2.10 bits per heavy atom. The van der Waals surface area contributed by atoms with E-state index in [-0.39, 0.29) is 0 Å². The number of hydrogen-bond acceptors (Lipinski definition) is 3. The second-order valence-electron chi connectivity index (χ2n) is 5.97. The zero-order chi connectivity index (χ0) is 14.7. The van der Waals surface area contributed by atoms with Gasteiger partial charge in [0.05, 0.1) is 0 Å². The summed E-state index contributed by atoms with van der Waals surface area (Å²) in [4.78, 5) is 4.74. The minimum atomic E-state index is 0.361. The standard InChI is InChI=1S/C16H26ClN3/c1-12-14-11-20(9-5-4-8-19(2)3)16(10-18)13(14)6-7-15(12)17/h6-7,16H,4-5,8-11,18H2,1-3H3. The summed E-state index contributed by atoms with van der Waals surface area (Å²) >= 11 is 6.24. The first kappa shape index (κ1) is 15.8. The van der Waals surface area contributed by atoms with Crippen molar-refractivity contribution in [2.75, 3.05) is 33.7 Å². The lowest BCUT2D eigenvalue weighted by molar-refractivity contribution is 0.212. The van der Waals surface area contributed by atoms with Gasteiger partial charge < -0.3 is 10.6 Å². The van der Waals surface area contributed by atoms with Crippen molar-refractivity contribution in [3.05, 3.63) is 33.8 Å². The summed E-state index contributed by atoms with van der Waals surface area (Å²) in [5.41, 5.74) is 9.98. The van der Waals surface area contributed by atoms with Crippen molar-refractivity contribution in [2.45, 2.75) is 32.4 Å². The Labute approximate surface area is 127 Å². The predicted octanol–water partition coefficient (Wildman–Crippen LogP) is 2.81. The van der Waals surface area contributed by atoms with Crippen LogP contribution in [0.2, 0.25) is 5.02 Å². The van der Waals surface area contributed by atoms with Crippen molar-refractivity contribution in [1.29, 1.82) is 0 Å². The minimum Gasteiger partial charge on any atom is -0.329 e. The summed E-state index contributed by atoms with van der Waals surface area (Å²) in [6, 6.07) is 4.52. The average molecular weight is 296 g/mol. The van der Waals surface area contributed by atoms with E-state index >= 15 is 0 Å². The molecule has 20 heavy (non-hydrogen) atoms. The van der Waals surface area contributed by atoms with E-state index in [0.29, 0.717) is 12.6 Å². The number of fused-ring (bicyclic) bond motifs is 1. The van der Waals surface area contributed by atoms with Gasteiger partial charge in [0.25, 0.3) is 0 Å². The van der Waals surface area contributed by atoms with Crippen LogP contribution in [0.15, 0.2) is 12.1 Å². The van der Waals surface area contributed by atoms with E-state index in [1.54, 1.807) is 0 Å². The Hall–Kier alpha value is -0.610. The van der Waals surface area contributed by atoms with Gasteiger partial charge in [-0.2, -0.15) is 0 Å². The van der Waals surface area contributed by atoms with Crippen molar-refractivity contribution in [2.24, 2.45) is 5.73 Å². The van der Waals surface area contributed by atoms with Crippen molar-refractivity contribution in [1.82, 2.24) is 9.80 Å². The molecule has 0 saturated carbocycles. The SMILES string of the molecule is Cc1c(Cl)ccc2c1CN(CCCCN(C)C)C2CN. The van der Waals surface area contributed by atoms with Gasteiger partial charge in [-0.25, -0.2) is 0 Å². The normalized spacial score (nSPS) is 18.8. The van der Waals surface area contributed by atoms with Gasteiger partial charge in [0, 0.05) is 24.2 Å². The molecule has 0 spiro atoms. The third-order valence-corrected chi connectivity index (χ3v) is 4.66. The van der Waals surface area contributed by atoms with Crippen LogP contribution in [0, 0.1) is 6.92 Å². The van der Waals surface area contributed by atoms with Crippen LogP contribution in [0.1, 0.15) is 35.6 Å². The minimum absolute atomic E-state index is 0.361. The number of benzene rings is 1. The fourth-order valence-corrected chi connectivity index (χ4v) is 3.21. The first-order chi connectivity index (χ1) is 9.54. The van der Waals surface area contributed by atoms with Gasteiger partial charge in [-0.1, -0.05) is 17.7 Å². The van der Waals surface area contributed by atoms with Crippen LogP contribution in [-0.2, 0) is 6.54 Å². The van der Waals surface area contributed by atoms with E-state index in [4.69, 9.17) is 17.3 Å². The molecule has 0 aromatic heterocycles.